The van der Waals surface area contributed by atoms with E-state index in [9.17, 15) is 9.18 Å². The molecule has 0 spiro atoms. The third kappa shape index (κ3) is 3.72. The summed E-state index contributed by atoms with van der Waals surface area (Å²) in [6.07, 6.45) is 5.99. The van der Waals surface area contributed by atoms with E-state index in [0.29, 0.717) is 11.8 Å². The van der Waals surface area contributed by atoms with Crippen LogP contribution >= 0.6 is 0 Å². The second-order valence-corrected chi connectivity index (χ2v) is 8.46. The van der Waals surface area contributed by atoms with Crippen molar-refractivity contribution in [2.24, 2.45) is 11.8 Å². The lowest BCUT2D eigenvalue weighted by molar-refractivity contribution is 0.00166. The first-order valence-corrected chi connectivity index (χ1v) is 10.8. The molecule has 1 amide bonds. The van der Waals surface area contributed by atoms with Gasteiger partial charge in [0.25, 0.3) is 5.91 Å². The van der Waals surface area contributed by atoms with Gasteiger partial charge >= 0.3 is 0 Å². The molecule has 3 aliphatic heterocycles. The zero-order valence-electron chi connectivity index (χ0n) is 17.2. The number of hydrogen-bond acceptors (Lipinski definition) is 4. The number of para-hydroxylation sites is 1. The molecule has 1 aromatic carbocycles. The first-order valence-electron chi connectivity index (χ1n) is 10.8. The average molecular weight is 417 g/mol. The van der Waals surface area contributed by atoms with Gasteiger partial charge in [0.2, 0.25) is 5.95 Å². The van der Waals surface area contributed by atoms with Crippen molar-refractivity contribution in [1.29, 1.82) is 0 Å². The number of piperidine rings is 3. The van der Waals surface area contributed by atoms with Gasteiger partial charge in [0, 0.05) is 24.2 Å². The summed E-state index contributed by atoms with van der Waals surface area (Å²) in [7, 11) is 0. The molecule has 0 radical (unpaired) electrons. The lowest BCUT2D eigenvalue weighted by atomic mass is 9.73. The van der Waals surface area contributed by atoms with Crippen LogP contribution in [0.5, 0.6) is 0 Å². The molecule has 5 atom stereocenters. The van der Waals surface area contributed by atoms with Crippen LogP contribution in [0, 0.1) is 17.8 Å². The minimum atomic E-state index is -0.659. The fraction of sp³-hybridized carbons (Fsp3) is 0.320. The minimum absolute atomic E-state index is 0.0864. The molecule has 2 bridgehead atoms. The van der Waals surface area contributed by atoms with Crippen molar-refractivity contribution >= 4 is 16.8 Å². The van der Waals surface area contributed by atoms with E-state index in [1.807, 2.05) is 30.3 Å². The predicted octanol–water partition coefficient (Wildman–Crippen LogP) is 4.14. The molecule has 5 heterocycles. The lowest BCUT2D eigenvalue weighted by Gasteiger charge is -2.51. The van der Waals surface area contributed by atoms with Crippen molar-refractivity contribution < 1.29 is 9.18 Å². The molecule has 1 N–H and O–H groups in total. The van der Waals surface area contributed by atoms with Crippen molar-refractivity contribution in [3.8, 4) is 0 Å². The molecule has 2 aromatic heterocycles. The van der Waals surface area contributed by atoms with Gasteiger partial charge in [0.1, 0.15) is 5.69 Å². The Bertz CT molecular complexity index is 1130. The van der Waals surface area contributed by atoms with Crippen molar-refractivity contribution in [1.82, 2.24) is 20.2 Å². The van der Waals surface area contributed by atoms with Crippen LogP contribution in [-0.2, 0) is 0 Å². The number of nitrogens with zero attached hydrogens (tertiary/aromatic N) is 3. The van der Waals surface area contributed by atoms with Crippen molar-refractivity contribution in [3.05, 3.63) is 84.6 Å². The summed E-state index contributed by atoms with van der Waals surface area (Å²) in [5, 5.41) is 4.21. The molecule has 6 heteroatoms. The monoisotopic (exact) mass is 416 g/mol. The highest BCUT2D eigenvalue weighted by molar-refractivity contribution is 5.93. The molecule has 3 aliphatic rings. The van der Waals surface area contributed by atoms with E-state index < -0.39 is 5.95 Å². The summed E-state index contributed by atoms with van der Waals surface area (Å²) in [4.78, 5) is 23.8. The van der Waals surface area contributed by atoms with Gasteiger partial charge in [-0.25, -0.2) is 4.98 Å². The number of amides is 1. The smallest absolute Gasteiger partial charge is 0.270 e. The Morgan fingerprint density at radius 2 is 2.10 bits per heavy atom. The van der Waals surface area contributed by atoms with Gasteiger partial charge in [-0.3, -0.25) is 14.7 Å². The van der Waals surface area contributed by atoms with Gasteiger partial charge in [-0.15, -0.1) is 6.58 Å². The van der Waals surface area contributed by atoms with Crippen molar-refractivity contribution in [2.75, 3.05) is 13.1 Å². The van der Waals surface area contributed by atoms with Gasteiger partial charge in [-0.1, -0.05) is 30.3 Å². The molecule has 3 fully saturated rings. The van der Waals surface area contributed by atoms with Crippen LogP contribution in [0.2, 0.25) is 0 Å². The normalized spacial score (nSPS) is 25.8. The first kappa shape index (κ1) is 19.8. The summed E-state index contributed by atoms with van der Waals surface area (Å²) in [5.74, 6) is 0.0221. The second kappa shape index (κ2) is 8.19. The number of halogens is 1. The third-order valence-electron chi connectivity index (χ3n) is 6.79. The Labute approximate surface area is 181 Å². The maximum atomic E-state index is 13.6. The highest BCUT2D eigenvalue weighted by Crippen LogP contribution is 2.42. The van der Waals surface area contributed by atoms with Crippen LogP contribution in [0.1, 0.15) is 34.9 Å². The van der Waals surface area contributed by atoms with E-state index in [0.717, 1.165) is 42.4 Å². The van der Waals surface area contributed by atoms with Gasteiger partial charge in [0.05, 0.1) is 11.6 Å². The third-order valence-corrected chi connectivity index (χ3v) is 6.79. The molecule has 6 rings (SSSR count). The summed E-state index contributed by atoms with van der Waals surface area (Å²) in [6, 6.07) is 14.2. The van der Waals surface area contributed by atoms with Crippen LogP contribution in [0.25, 0.3) is 10.9 Å². The molecule has 31 heavy (non-hydrogen) atoms. The van der Waals surface area contributed by atoms with E-state index in [1.165, 1.54) is 12.1 Å². The molecule has 3 saturated heterocycles. The molecular formula is C25H25FN4O. The number of pyridine rings is 2. The number of rotatable bonds is 5. The molecule has 3 aromatic rings. The molecule has 0 saturated carbocycles. The van der Waals surface area contributed by atoms with E-state index in [2.05, 4.69) is 32.8 Å². The number of benzene rings is 1. The van der Waals surface area contributed by atoms with Gasteiger partial charge in [-0.05, 0) is 61.1 Å². The number of carbonyl (C=O) groups is 1. The van der Waals surface area contributed by atoms with Crippen LogP contribution in [0.4, 0.5) is 4.39 Å². The van der Waals surface area contributed by atoms with Crippen LogP contribution in [-0.4, -0.2) is 39.9 Å². The number of carbonyl (C=O) groups excluding carboxylic acids is 1. The molecule has 0 aliphatic carbocycles. The summed E-state index contributed by atoms with van der Waals surface area (Å²) in [6.45, 7) is 5.98. The topological polar surface area (TPSA) is 58.1 Å². The van der Waals surface area contributed by atoms with E-state index in [4.69, 9.17) is 0 Å². The molecule has 5 nitrogen and oxygen atoms in total. The lowest BCUT2D eigenvalue weighted by Crippen LogP contribution is -2.57. The SMILES string of the molecule is C=CC1CN2CCC1CC2[C@@H](NC(=O)c1cccc(F)n1)c1ccnc2ccccc12. The van der Waals surface area contributed by atoms with Crippen LogP contribution in [0.3, 0.4) is 0 Å². The largest absolute Gasteiger partial charge is 0.342 e. The zero-order chi connectivity index (χ0) is 21.4. The predicted molar refractivity (Wildman–Crippen MR) is 118 cm³/mol. The number of fused-ring (bicyclic) bond motifs is 4. The van der Waals surface area contributed by atoms with E-state index in [-0.39, 0.29) is 23.7 Å². The van der Waals surface area contributed by atoms with E-state index >= 15 is 0 Å². The van der Waals surface area contributed by atoms with E-state index in [1.54, 1.807) is 12.3 Å². The highest BCUT2D eigenvalue weighted by atomic mass is 19.1. The first-order chi connectivity index (χ1) is 15.1. The maximum absolute atomic E-state index is 13.6. The Balaban J connectivity index is 1.54. The standard InChI is InChI=1S/C25H25FN4O/c1-2-16-15-30-13-11-17(16)14-22(30)24(29-25(31)21-8-5-9-23(26)28-21)19-10-12-27-20-7-4-3-6-18(19)20/h2-10,12,16-17,22,24H,1,11,13-15H2,(H,29,31)/t16?,17?,22?,24-/m0/s1. The van der Waals surface area contributed by atoms with Gasteiger partial charge < -0.3 is 5.32 Å². The number of nitrogens with one attached hydrogen (secondary N) is 1. The Hall–Kier alpha value is -3.12. The summed E-state index contributed by atoms with van der Waals surface area (Å²) < 4.78 is 13.6. The quantitative estimate of drug-likeness (QED) is 0.502. The zero-order valence-corrected chi connectivity index (χ0v) is 17.2. The van der Waals surface area contributed by atoms with Crippen molar-refractivity contribution in [2.45, 2.75) is 24.9 Å². The Morgan fingerprint density at radius 1 is 1.23 bits per heavy atom. The maximum Gasteiger partial charge on any atom is 0.270 e. The summed E-state index contributed by atoms with van der Waals surface area (Å²) >= 11 is 0. The number of hydrogen-bond donors (Lipinski definition) is 1. The Kier molecular flexibility index (Phi) is 5.24. The number of aromatic nitrogens is 2. The summed E-state index contributed by atoms with van der Waals surface area (Å²) in [5.41, 5.74) is 2.01. The second-order valence-electron chi connectivity index (χ2n) is 8.46. The highest BCUT2D eigenvalue weighted by Gasteiger charge is 2.43. The van der Waals surface area contributed by atoms with Gasteiger partial charge in [0.15, 0.2) is 0 Å². The molecule has 4 unspecified atom stereocenters. The fourth-order valence-electron chi connectivity index (χ4n) is 5.24. The van der Waals surface area contributed by atoms with Crippen LogP contribution in [0.15, 0.2) is 67.4 Å². The van der Waals surface area contributed by atoms with Crippen LogP contribution < -0.4 is 5.32 Å². The molecule has 158 valence electrons. The molecular weight excluding hydrogens is 391 g/mol. The van der Waals surface area contributed by atoms with Crippen molar-refractivity contribution in [3.63, 3.8) is 0 Å². The Morgan fingerprint density at radius 3 is 2.87 bits per heavy atom. The fourth-order valence-corrected chi connectivity index (χ4v) is 5.24. The minimum Gasteiger partial charge on any atom is -0.342 e. The average Bonchev–Trinajstić information content (AvgIpc) is 2.82. The van der Waals surface area contributed by atoms with Gasteiger partial charge in [-0.2, -0.15) is 4.39 Å².